The van der Waals surface area contributed by atoms with Gasteiger partial charge in [0.2, 0.25) is 0 Å². The number of aliphatic hydroxyl groups is 1. The van der Waals surface area contributed by atoms with Crippen molar-refractivity contribution in [2.24, 2.45) is 0 Å². The highest BCUT2D eigenvalue weighted by Crippen LogP contribution is 2.23. The third-order valence-electron chi connectivity index (χ3n) is 2.34. The van der Waals surface area contributed by atoms with Gasteiger partial charge >= 0.3 is 6.36 Å². The number of aliphatic hydroxyl groups excluding tert-OH is 1. The van der Waals surface area contributed by atoms with Crippen molar-refractivity contribution in [1.82, 2.24) is 16.0 Å². The fourth-order valence-corrected chi connectivity index (χ4v) is 1.47. The normalized spacial score (nSPS) is 13.2. The second-order valence-corrected chi connectivity index (χ2v) is 4.04. The van der Waals surface area contributed by atoms with E-state index in [0.29, 0.717) is 18.7 Å². The van der Waals surface area contributed by atoms with Gasteiger partial charge in [-0.1, -0.05) is 12.1 Å². The monoisotopic (exact) mass is 293 g/mol. The molecule has 1 rings (SSSR count). The molecule has 0 heterocycles. The fourth-order valence-electron chi connectivity index (χ4n) is 1.47. The van der Waals surface area contributed by atoms with E-state index in [4.69, 9.17) is 0 Å². The van der Waals surface area contributed by atoms with Crippen LogP contribution >= 0.6 is 0 Å². The largest absolute Gasteiger partial charge is 0.573 e. The number of ether oxygens (including phenoxy) is 1. The number of rotatable bonds is 8. The molecule has 20 heavy (non-hydrogen) atoms. The highest BCUT2D eigenvalue weighted by molar-refractivity contribution is 5.28. The quantitative estimate of drug-likeness (QED) is 0.421. The van der Waals surface area contributed by atoms with E-state index in [-0.39, 0.29) is 12.3 Å². The van der Waals surface area contributed by atoms with Gasteiger partial charge in [-0.05, 0) is 24.7 Å². The third kappa shape index (κ3) is 7.29. The lowest BCUT2D eigenvalue weighted by molar-refractivity contribution is -0.274. The van der Waals surface area contributed by atoms with E-state index >= 15 is 0 Å². The Balaban J connectivity index is 2.42. The van der Waals surface area contributed by atoms with Crippen molar-refractivity contribution in [3.8, 4) is 5.75 Å². The van der Waals surface area contributed by atoms with Gasteiger partial charge in [-0.2, -0.15) is 0 Å². The van der Waals surface area contributed by atoms with Crippen molar-refractivity contribution in [3.05, 3.63) is 29.8 Å². The van der Waals surface area contributed by atoms with Gasteiger partial charge < -0.3 is 15.2 Å². The maximum Gasteiger partial charge on any atom is 0.573 e. The molecular formula is C12H18F3N3O2. The summed E-state index contributed by atoms with van der Waals surface area (Å²) in [7, 11) is 1.79. The van der Waals surface area contributed by atoms with Crippen LogP contribution in [0.1, 0.15) is 5.56 Å². The summed E-state index contributed by atoms with van der Waals surface area (Å²) >= 11 is 0. The van der Waals surface area contributed by atoms with E-state index in [1.165, 1.54) is 18.2 Å². The van der Waals surface area contributed by atoms with Crippen molar-refractivity contribution in [1.29, 1.82) is 0 Å². The highest BCUT2D eigenvalue weighted by atomic mass is 19.4. The van der Waals surface area contributed by atoms with Gasteiger partial charge in [0.15, 0.2) is 6.35 Å². The number of likely N-dealkylation sites (N-methyl/N-ethyl adjacent to an activating group) is 1. The van der Waals surface area contributed by atoms with Crippen LogP contribution in [-0.2, 0) is 6.54 Å². The van der Waals surface area contributed by atoms with Crippen LogP contribution < -0.4 is 20.7 Å². The van der Waals surface area contributed by atoms with E-state index < -0.39 is 12.7 Å². The SMILES string of the molecule is CNCCNC(O)NCc1cccc(OC(F)(F)F)c1. The molecule has 0 aromatic heterocycles. The van der Waals surface area contributed by atoms with Crippen molar-refractivity contribution in [2.45, 2.75) is 19.3 Å². The van der Waals surface area contributed by atoms with Crippen molar-refractivity contribution >= 4 is 0 Å². The maximum absolute atomic E-state index is 12.1. The lowest BCUT2D eigenvalue weighted by atomic mass is 10.2. The van der Waals surface area contributed by atoms with Gasteiger partial charge in [0.1, 0.15) is 5.75 Å². The molecule has 0 fully saturated rings. The minimum atomic E-state index is -4.71. The molecule has 8 heteroatoms. The molecule has 114 valence electrons. The Labute approximate surface area is 115 Å². The first-order chi connectivity index (χ1) is 9.40. The van der Waals surface area contributed by atoms with Crippen LogP contribution in [-0.4, -0.2) is 38.0 Å². The Bertz CT molecular complexity index is 402. The second-order valence-electron chi connectivity index (χ2n) is 4.04. The van der Waals surface area contributed by atoms with E-state index in [1.54, 1.807) is 13.1 Å². The Morgan fingerprint density at radius 2 is 2.00 bits per heavy atom. The minimum Gasteiger partial charge on any atom is -0.406 e. The van der Waals surface area contributed by atoms with Crippen LogP contribution in [0.3, 0.4) is 0 Å². The first kappa shape index (κ1) is 16.7. The molecule has 0 aliphatic heterocycles. The molecular weight excluding hydrogens is 275 g/mol. The van der Waals surface area contributed by atoms with Crippen molar-refractivity contribution in [2.75, 3.05) is 20.1 Å². The van der Waals surface area contributed by atoms with Crippen LogP contribution in [0, 0.1) is 0 Å². The van der Waals surface area contributed by atoms with Crippen LogP contribution in [0.5, 0.6) is 5.75 Å². The van der Waals surface area contributed by atoms with Gasteiger partial charge in [-0.15, -0.1) is 13.2 Å². The van der Waals surface area contributed by atoms with Crippen molar-refractivity contribution in [3.63, 3.8) is 0 Å². The van der Waals surface area contributed by atoms with Crippen molar-refractivity contribution < 1.29 is 23.0 Å². The summed E-state index contributed by atoms with van der Waals surface area (Å²) in [6.45, 7) is 1.46. The van der Waals surface area contributed by atoms with E-state index in [0.717, 1.165) is 0 Å². The summed E-state index contributed by atoms with van der Waals surface area (Å²) < 4.78 is 40.0. The fraction of sp³-hybridized carbons (Fsp3) is 0.500. The van der Waals surface area contributed by atoms with Crippen LogP contribution in [0.4, 0.5) is 13.2 Å². The minimum absolute atomic E-state index is 0.211. The molecule has 0 saturated carbocycles. The number of nitrogens with one attached hydrogen (secondary N) is 3. The topological polar surface area (TPSA) is 65.5 Å². The second kappa shape index (κ2) is 8.05. The molecule has 0 aliphatic carbocycles. The molecule has 1 unspecified atom stereocenters. The molecule has 0 spiro atoms. The van der Waals surface area contributed by atoms with Crippen LogP contribution in [0.25, 0.3) is 0 Å². The maximum atomic E-state index is 12.1. The average molecular weight is 293 g/mol. The first-order valence-electron chi connectivity index (χ1n) is 6.05. The van der Waals surface area contributed by atoms with Gasteiger partial charge in [0.25, 0.3) is 0 Å². The number of hydrogen-bond donors (Lipinski definition) is 4. The Hall–Kier alpha value is -1.35. The summed E-state index contributed by atoms with van der Waals surface area (Å²) in [6, 6.07) is 5.58. The Morgan fingerprint density at radius 1 is 1.25 bits per heavy atom. The zero-order valence-electron chi connectivity index (χ0n) is 11.0. The molecule has 1 aromatic carbocycles. The van der Waals surface area contributed by atoms with E-state index in [2.05, 4.69) is 20.7 Å². The zero-order valence-corrected chi connectivity index (χ0v) is 11.0. The van der Waals surface area contributed by atoms with Gasteiger partial charge in [0.05, 0.1) is 0 Å². The lowest BCUT2D eigenvalue weighted by Crippen LogP contribution is -2.43. The van der Waals surface area contributed by atoms with Gasteiger partial charge in [0, 0.05) is 19.6 Å². The van der Waals surface area contributed by atoms with Gasteiger partial charge in [-0.25, -0.2) is 0 Å². The standard InChI is InChI=1S/C12H18F3N3O2/c1-16-5-6-17-11(19)18-8-9-3-2-4-10(7-9)20-12(13,14)15/h2-4,7,11,16-19H,5-6,8H2,1H3. The molecule has 0 bridgehead atoms. The predicted octanol–water partition coefficient (Wildman–Crippen LogP) is 0.760. The molecule has 5 nitrogen and oxygen atoms in total. The summed E-state index contributed by atoms with van der Waals surface area (Å²) in [5, 5.41) is 17.9. The first-order valence-corrected chi connectivity index (χ1v) is 6.05. The number of benzene rings is 1. The summed E-state index contributed by atoms with van der Waals surface area (Å²) in [5.74, 6) is -0.283. The van der Waals surface area contributed by atoms with Gasteiger partial charge in [-0.3, -0.25) is 10.6 Å². The lowest BCUT2D eigenvalue weighted by Gasteiger charge is -2.15. The average Bonchev–Trinajstić information content (AvgIpc) is 2.35. The molecule has 0 aliphatic rings. The molecule has 0 saturated heterocycles. The Morgan fingerprint density at radius 3 is 2.65 bits per heavy atom. The number of alkyl halides is 3. The molecule has 1 atom stereocenters. The Kier molecular flexibility index (Phi) is 6.73. The number of hydrogen-bond acceptors (Lipinski definition) is 5. The molecule has 0 radical (unpaired) electrons. The summed E-state index contributed by atoms with van der Waals surface area (Å²) in [5.41, 5.74) is 0.571. The summed E-state index contributed by atoms with van der Waals surface area (Å²) in [4.78, 5) is 0. The molecule has 0 amide bonds. The third-order valence-corrected chi connectivity index (χ3v) is 2.34. The zero-order chi connectivity index (χ0) is 15.0. The van der Waals surface area contributed by atoms with E-state index in [1.807, 2.05) is 0 Å². The molecule has 1 aromatic rings. The predicted molar refractivity (Wildman–Crippen MR) is 67.9 cm³/mol. The van der Waals surface area contributed by atoms with Crippen LogP contribution in [0.15, 0.2) is 24.3 Å². The number of halogens is 3. The summed E-state index contributed by atoms with van der Waals surface area (Å²) in [6.07, 6.45) is -5.64. The van der Waals surface area contributed by atoms with Crippen LogP contribution in [0.2, 0.25) is 0 Å². The smallest absolute Gasteiger partial charge is 0.406 e. The molecule has 4 N–H and O–H groups in total. The highest BCUT2D eigenvalue weighted by Gasteiger charge is 2.31. The van der Waals surface area contributed by atoms with E-state index in [9.17, 15) is 18.3 Å².